The molecule has 10 heteroatoms. The molecule has 4 N–H and O–H groups in total. The summed E-state index contributed by atoms with van der Waals surface area (Å²) in [5, 5.41) is 18.5. The second-order valence-corrected chi connectivity index (χ2v) is 7.04. The van der Waals surface area contributed by atoms with Gasteiger partial charge >= 0.3 is 0 Å². The average Bonchev–Trinajstić information content (AvgIpc) is 3.43. The Balaban J connectivity index is 1.30. The Morgan fingerprint density at radius 2 is 2.00 bits per heavy atom. The van der Waals surface area contributed by atoms with Gasteiger partial charge in [0.15, 0.2) is 11.5 Å². The van der Waals surface area contributed by atoms with Gasteiger partial charge in [-0.05, 0) is 24.3 Å². The van der Waals surface area contributed by atoms with Crippen molar-refractivity contribution in [2.45, 2.75) is 18.6 Å². The van der Waals surface area contributed by atoms with Crippen LogP contribution in [0.4, 0.5) is 5.69 Å². The number of aliphatic hydroxyl groups is 1. The maximum Gasteiger partial charge on any atom is 0.267 e. The smallest absolute Gasteiger partial charge is 0.267 e. The van der Waals surface area contributed by atoms with E-state index in [1.807, 2.05) is 6.07 Å². The maximum absolute atomic E-state index is 12.5. The number of amides is 2. The Hall–Kier alpha value is -3.79. The van der Waals surface area contributed by atoms with E-state index in [-0.39, 0.29) is 32.1 Å². The first-order valence-electron chi connectivity index (χ1n) is 9.71. The zero-order chi connectivity index (χ0) is 21.8. The van der Waals surface area contributed by atoms with Crippen molar-refractivity contribution in [2.24, 2.45) is 10.8 Å². The molecular formula is C21H22N4O6. The van der Waals surface area contributed by atoms with Gasteiger partial charge in [-0.15, -0.1) is 0 Å². The number of ether oxygens (including phenoxy) is 3. The highest BCUT2D eigenvalue weighted by Gasteiger charge is 2.35. The third-order valence-electron chi connectivity index (χ3n) is 4.81. The van der Waals surface area contributed by atoms with Crippen molar-refractivity contribution in [3.63, 3.8) is 0 Å². The molecule has 0 aliphatic carbocycles. The van der Waals surface area contributed by atoms with Gasteiger partial charge in [-0.2, -0.15) is 5.10 Å². The second-order valence-electron chi connectivity index (χ2n) is 7.04. The summed E-state index contributed by atoms with van der Waals surface area (Å²) in [5.41, 5.74) is 6.30. The Bertz CT molecular complexity index is 997. The van der Waals surface area contributed by atoms with Gasteiger partial charge < -0.3 is 30.4 Å². The first-order valence-corrected chi connectivity index (χ1v) is 9.71. The van der Waals surface area contributed by atoms with Gasteiger partial charge in [0.1, 0.15) is 30.2 Å². The number of anilines is 1. The van der Waals surface area contributed by atoms with Crippen LogP contribution in [0.15, 0.2) is 53.6 Å². The molecule has 31 heavy (non-hydrogen) atoms. The van der Waals surface area contributed by atoms with Gasteiger partial charge in [0.2, 0.25) is 12.7 Å². The van der Waals surface area contributed by atoms with Crippen LogP contribution in [0, 0.1) is 0 Å². The van der Waals surface area contributed by atoms with Gasteiger partial charge in [0, 0.05) is 19.0 Å². The number of nitrogens with zero attached hydrogens (tertiary/aromatic N) is 2. The Morgan fingerprint density at radius 1 is 1.23 bits per heavy atom. The number of aliphatic hydroxyl groups excluding tert-OH is 1. The zero-order valence-corrected chi connectivity index (χ0v) is 16.6. The number of carbonyl (C=O) groups excluding carboxylic acids is 2. The van der Waals surface area contributed by atoms with Crippen LogP contribution in [-0.2, 0) is 9.59 Å². The second kappa shape index (κ2) is 8.92. The minimum atomic E-state index is -0.950. The summed E-state index contributed by atoms with van der Waals surface area (Å²) in [4.78, 5) is 24.3. The van der Waals surface area contributed by atoms with Gasteiger partial charge in [-0.1, -0.05) is 18.2 Å². The summed E-state index contributed by atoms with van der Waals surface area (Å²) in [6.45, 7) is 0.0804. The van der Waals surface area contributed by atoms with Gasteiger partial charge in [-0.25, -0.2) is 0 Å². The van der Waals surface area contributed by atoms with E-state index >= 15 is 0 Å². The summed E-state index contributed by atoms with van der Waals surface area (Å²) in [7, 11) is 0. The third kappa shape index (κ3) is 4.69. The molecule has 2 atom stereocenters. The fraction of sp³-hybridized carbons (Fsp3) is 0.286. The summed E-state index contributed by atoms with van der Waals surface area (Å²) in [6.07, 6.45) is -0.867. The van der Waals surface area contributed by atoms with Gasteiger partial charge in [-0.3, -0.25) is 14.6 Å². The van der Waals surface area contributed by atoms with E-state index < -0.39 is 24.0 Å². The number of hydrogen-bond donors (Lipinski definition) is 3. The number of hydrazone groups is 1. The average molecular weight is 426 g/mol. The molecule has 0 fully saturated rings. The van der Waals surface area contributed by atoms with Crippen LogP contribution in [0.25, 0.3) is 0 Å². The first kappa shape index (κ1) is 20.5. The number of para-hydroxylation sites is 1. The summed E-state index contributed by atoms with van der Waals surface area (Å²) in [6, 6.07) is 13.3. The largest absolute Gasteiger partial charge is 0.491 e. The van der Waals surface area contributed by atoms with Crippen LogP contribution < -0.4 is 30.3 Å². The lowest BCUT2D eigenvalue weighted by atomic mass is 10.1. The van der Waals surface area contributed by atoms with Crippen LogP contribution in [0.5, 0.6) is 17.2 Å². The molecular weight excluding hydrogens is 404 g/mol. The standard InChI is InChI=1S/C21H22N4O6/c22-20(27)17-9-16(24-25(17)13-4-2-1-3-5-13)21(28)23-10-14(26)11-29-15-6-7-18-19(8-15)31-12-30-18/h1-8,14,17,26H,9-12H2,(H2,22,27)(H,23,28). The minimum Gasteiger partial charge on any atom is -0.491 e. The van der Waals surface area contributed by atoms with Crippen molar-refractivity contribution in [1.29, 1.82) is 0 Å². The zero-order valence-electron chi connectivity index (χ0n) is 16.6. The molecule has 0 radical (unpaired) electrons. The quantitative estimate of drug-likeness (QED) is 0.556. The molecule has 2 aromatic rings. The molecule has 2 aromatic carbocycles. The molecule has 2 amide bonds. The van der Waals surface area contributed by atoms with Crippen molar-refractivity contribution in [1.82, 2.24) is 5.32 Å². The Kier molecular flexibility index (Phi) is 5.89. The van der Waals surface area contributed by atoms with Crippen molar-refractivity contribution in [3.8, 4) is 17.2 Å². The number of primary amides is 1. The lowest BCUT2D eigenvalue weighted by Crippen LogP contribution is -2.41. The van der Waals surface area contributed by atoms with Crippen molar-refractivity contribution < 1.29 is 28.9 Å². The van der Waals surface area contributed by atoms with Crippen molar-refractivity contribution in [3.05, 3.63) is 48.5 Å². The maximum atomic E-state index is 12.5. The molecule has 0 saturated heterocycles. The normalized spacial score (nSPS) is 17.8. The molecule has 10 nitrogen and oxygen atoms in total. The molecule has 0 saturated carbocycles. The van der Waals surface area contributed by atoms with Crippen molar-refractivity contribution in [2.75, 3.05) is 25.0 Å². The molecule has 2 heterocycles. The number of nitrogens with two attached hydrogens (primary N) is 1. The van der Waals surface area contributed by atoms with Crippen LogP contribution >= 0.6 is 0 Å². The van der Waals surface area contributed by atoms with E-state index in [0.717, 1.165) is 0 Å². The highest BCUT2D eigenvalue weighted by Crippen LogP contribution is 2.35. The summed E-state index contributed by atoms with van der Waals surface area (Å²) < 4.78 is 16.0. The number of benzene rings is 2. The SMILES string of the molecule is NC(=O)C1CC(C(=O)NCC(O)COc2ccc3c(c2)OCO3)=NN1c1ccccc1. The van der Waals surface area contributed by atoms with Gasteiger partial charge in [0.05, 0.1) is 5.69 Å². The number of hydrogen-bond acceptors (Lipinski definition) is 8. The Morgan fingerprint density at radius 3 is 2.77 bits per heavy atom. The van der Waals surface area contributed by atoms with E-state index in [0.29, 0.717) is 22.9 Å². The lowest BCUT2D eigenvalue weighted by Gasteiger charge is -2.20. The van der Waals surface area contributed by atoms with Crippen LogP contribution in [0.2, 0.25) is 0 Å². The molecule has 4 rings (SSSR count). The van der Waals surface area contributed by atoms with E-state index in [9.17, 15) is 14.7 Å². The highest BCUT2D eigenvalue weighted by molar-refractivity contribution is 6.40. The highest BCUT2D eigenvalue weighted by atomic mass is 16.7. The number of fused-ring (bicyclic) bond motifs is 1. The molecule has 2 unspecified atom stereocenters. The lowest BCUT2D eigenvalue weighted by molar-refractivity contribution is -0.119. The number of rotatable bonds is 8. The number of nitrogens with one attached hydrogen (secondary N) is 1. The molecule has 0 aromatic heterocycles. The van der Waals surface area contributed by atoms with Gasteiger partial charge in [0.25, 0.3) is 5.91 Å². The van der Waals surface area contributed by atoms with Crippen LogP contribution in [0.3, 0.4) is 0 Å². The van der Waals surface area contributed by atoms with E-state index in [4.69, 9.17) is 19.9 Å². The van der Waals surface area contributed by atoms with E-state index in [2.05, 4.69) is 10.4 Å². The summed E-state index contributed by atoms with van der Waals surface area (Å²) in [5.74, 6) is 0.666. The van der Waals surface area contributed by atoms with E-state index in [1.165, 1.54) is 5.01 Å². The van der Waals surface area contributed by atoms with E-state index in [1.54, 1.807) is 42.5 Å². The molecule has 0 spiro atoms. The fourth-order valence-electron chi connectivity index (χ4n) is 3.22. The summed E-state index contributed by atoms with van der Waals surface area (Å²) >= 11 is 0. The molecule has 162 valence electrons. The molecule has 0 bridgehead atoms. The monoisotopic (exact) mass is 426 g/mol. The minimum absolute atomic E-state index is 0.0353. The topological polar surface area (TPSA) is 136 Å². The van der Waals surface area contributed by atoms with Crippen molar-refractivity contribution >= 4 is 23.2 Å². The van der Waals surface area contributed by atoms with Crippen LogP contribution in [0.1, 0.15) is 6.42 Å². The number of carbonyl (C=O) groups is 2. The van der Waals surface area contributed by atoms with Crippen LogP contribution in [-0.4, -0.2) is 54.7 Å². The first-order chi connectivity index (χ1) is 15.0. The molecule has 2 aliphatic heterocycles. The predicted octanol–water partition coefficient (Wildman–Crippen LogP) is 0.391. The fourth-order valence-corrected chi connectivity index (χ4v) is 3.22. The third-order valence-corrected chi connectivity index (χ3v) is 4.81. The Labute approximate surface area is 178 Å². The molecule has 2 aliphatic rings. The predicted molar refractivity (Wildman–Crippen MR) is 111 cm³/mol.